The van der Waals surface area contributed by atoms with E-state index in [1.54, 1.807) is 0 Å². The van der Waals surface area contributed by atoms with Crippen LogP contribution in [0.3, 0.4) is 0 Å². The third-order valence-corrected chi connectivity index (χ3v) is 2.00. The van der Waals surface area contributed by atoms with Crippen LogP contribution in [-0.4, -0.2) is 11.1 Å². The van der Waals surface area contributed by atoms with E-state index in [2.05, 4.69) is 30.7 Å². The highest BCUT2D eigenvalue weighted by atomic mass is 15.0. The fourth-order valence-corrected chi connectivity index (χ4v) is 1.53. The number of nitrogens with two attached hydrogens (primary N) is 1. The van der Waals surface area contributed by atoms with Crippen molar-refractivity contribution in [3.8, 4) is 0 Å². The SMILES string of the molecule is CCCc1cc(C)cn1CCN. The number of rotatable bonds is 4. The molecule has 0 aliphatic carbocycles. The Kier molecular flexibility index (Phi) is 3.35. The predicted octanol–water partition coefficient (Wildman–Crippen LogP) is 1.71. The van der Waals surface area contributed by atoms with E-state index >= 15 is 0 Å². The van der Waals surface area contributed by atoms with Crippen molar-refractivity contribution in [2.24, 2.45) is 5.73 Å². The molecule has 0 fully saturated rings. The minimum absolute atomic E-state index is 0.727. The third kappa shape index (κ3) is 2.11. The van der Waals surface area contributed by atoms with E-state index in [-0.39, 0.29) is 0 Å². The van der Waals surface area contributed by atoms with Crippen molar-refractivity contribution in [3.05, 3.63) is 23.5 Å². The van der Waals surface area contributed by atoms with Crippen LogP contribution in [0, 0.1) is 6.92 Å². The highest BCUT2D eigenvalue weighted by molar-refractivity contribution is 5.17. The minimum atomic E-state index is 0.727. The van der Waals surface area contributed by atoms with E-state index < -0.39 is 0 Å². The molecule has 12 heavy (non-hydrogen) atoms. The van der Waals surface area contributed by atoms with Crippen molar-refractivity contribution in [2.75, 3.05) is 6.54 Å². The van der Waals surface area contributed by atoms with Crippen LogP contribution in [0.5, 0.6) is 0 Å². The topological polar surface area (TPSA) is 30.9 Å². The van der Waals surface area contributed by atoms with Crippen LogP contribution in [0.15, 0.2) is 12.3 Å². The average molecular weight is 166 g/mol. The van der Waals surface area contributed by atoms with Crippen LogP contribution in [0.2, 0.25) is 0 Å². The van der Waals surface area contributed by atoms with E-state index in [9.17, 15) is 0 Å². The van der Waals surface area contributed by atoms with E-state index in [0.29, 0.717) is 0 Å². The highest BCUT2D eigenvalue weighted by Gasteiger charge is 2.00. The number of aromatic nitrogens is 1. The molecule has 0 aromatic carbocycles. The molecule has 2 heteroatoms. The Morgan fingerprint density at radius 3 is 2.83 bits per heavy atom. The Hall–Kier alpha value is -0.760. The lowest BCUT2D eigenvalue weighted by atomic mass is 10.2. The maximum Gasteiger partial charge on any atom is 0.0345 e. The van der Waals surface area contributed by atoms with Crippen molar-refractivity contribution >= 4 is 0 Å². The van der Waals surface area contributed by atoms with E-state index in [1.165, 1.54) is 17.7 Å². The summed E-state index contributed by atoms with van der Waals surface area (Å²) >= 11 is 0. The second kappa shape index (κ2) is 4.31. The van der Waals surface area contributed by atoms with Gasteiger partial charge in [-0.15, -0.1) is 0 Å². The van der Waals surface area contributed by atoms with Crippen LogP contribution >= 0.6 is 0 Å². The van der Waals surface area contributed by atoms with Gasteiger partial charge in [0.05, 0.1) is 0 Å². The minimum Gasteiger partial charge on any atom is -0.350 e. The first kappa shape index (κ1) is 9.33. The Morgan fingerprint density at radius 2 is 2.25 bits per heavy atom. The molecule has 0 saturated carbocycles. The van der Waals surface area contributed by atoms with E-state index in [1.807, 2.05) is 0 Å². The Bertz CT molecular complexity index is 214. The summed E-state index contributed by atoms with van der Waals surface area (Å²) in [5, 5.41) is 0. The van der Waals surface area contributed by atoms with Gasteiger partial charge in [-0.05, 0) is 25.0 Å². The molecule has 0 atom stereocenters. The molecule has 0 radical (unpaired) electrons. The lowest BCUT2D eigenvalue weighted by Crippen LogP contribution is -2.11. The van der Waals surface area contributed by atoms with Crippen LogP contribution < -0.4 is 5.73 Å². The van der Waals surface area contributed by atoms with Gasteiger partial charge in [-0.1, -0.05) is 13.3 Å². The molecular formula is C10H18N2. The zero-order valence-electron chi connectivity index (χ0n) is 8.01. The average Bonchev–Trinajstić information content (AvgIpc) is 2.33. The number of hydrogen-bond donors (Lipinski definition) is 1. The van der Waals surface area contributed by atoms with Gasteiger partial charge in [0.15, 0.2) is 0 Å². The van der Waals surface area contributed by atoms with Crippen LogP contribution in [0.4, 0.5) is 0 Å². The molecular weight excluding hydrogens is 148 g/mol. The fraction of sp³-hybridized carbons (Fsp3) is 0.600. The molecule has 1 heterocycles. The standard InChI is InChI=1S/C10H18N2/c1-3-4-10-7-9(2)8-12(10)6-5-11/h7-8H,3-6,11H2,1-2H3. The van der Waals surface area contributed by atoms with Crippen molar-refractivity contribution in [1.29, 1.82) is 0 Å². The van der Waals surface area contributed by atoms with E-state index in [0.717, 1.165) is 19.5 Å². The first-order valence-electron chi connectivity index (χ1n) is 4.63. The molecule has 0 spiro atoms. The molecule has 2 N–H and O–H groups in total. The molecule has 1 rings (SSSR count). The summed E-state index contributed by atoms with van der Waals surface area (Å²) in [7, 11) is 0. The van der Waals surface area contributed by atoms with E-state index in [4.69, 9.17) is 5.73 Å². The van der Waals surface area contributed by atoms with Crippen LogP contribution in [0.25, 0.3) is 0 Å². The zero-order valence-corrected chi connectivity index (χ0v) is 8.01. The molecule has 0 aliphatic heterocycles. The van der Waals surface area contributed by atoms with Gasteiger partial charge in [-0.25, -0.2) is 0 Å². The zero-order chi connectivity index (χ0) is 8.97. The normalized spacial score (nSPS) is 10.6. The third-order valence-electron chi connectivity index (χ3n) is 2.00. The van der Waals surface area contributed by atoms with Gasteiger partial charge in [0.1, 0.15) is 0 Å². The fourth-order valence-electron chi connectivity index (χ4n) is 1.53. The van der Waals surface area contributed by atoms with Crippen molar-refractivity contribution in [3.63, 3.8) is 0 Å². The summed E-state index contributed by atoms with van der Waals surface area (Å²) in [5.74, 6) is 0. The molecule has 1 aromatic rings. The summed E-state index contributed by atoms with van der Waals surface area (Å²) in [6.45, 7) is 6.01. The lowest BCUT2D eigenvalue weighted by Gasteiger charge is -2.05. The maximum atomic E-state index is 5.51. The first-order valence-corrected chi connectivity index (χ1v) is 4.63. The molecule has 68 valence electrons. The molecule has 0 bridgehead atoms. The smallest absolute Gasteiger partial charge is 0.0345 e. The molecule has 0 saturated heterocycles. The summed E-state index contributed by atoms with van der Waals surface area (Å²) in [6.07, 6.45) is 4.54. The lowest BCUT2D eigenvalue weighted by molar-refractivity contribution is 0.665. The predicted molar refractivity (Wildman–Crippen MR) is 52.2 cm³/mol. The Morgan fingerprint density at radius 1 is 1.50 bits per heavy atom. The second-order valence-corrected chi connectivity index (χ2v) is 3.24. The van der Waals surface area contributed by atoms with Gasteiger partial charge < -0.3 is 10.3 Å². The van der Waals surface area contributed by atoms with Crippen molar-refractivity contribution in [1.82, 2.24) is 4.57 Å². The molecule has 2 nitrogen and oxygen atoms in total. The van der Waals surface area contributed by atoms with Gasteiger partial charge in [-0.3, -0.25) is 0 Å². The monoisotopic (exact) mass is 166 g/mol. The van der Waals surface area contributed by atoms with Crippen molar-refractivity contribution < 1.29 is 0 Å². The van der Waals surface area contributed by atoms with Gasteiger partial charge in [0.2, 0.25) is 0 Å². The van der Waals surface area contributed by atoms with Gasteiger partial charge in [0, 0.05) is 25.0 Å². The molecule has 0 unspecified atom stereocenters. The Labute approximate surface area is 74.4 Å². The molecule has 0 aliphatic rings. The van der Waals surface area contributed by atoms with Gasteiger partial charge in [0.25, 0.3) is 0 Å². The number of hydrogen-bond acceptors (Lipinski definition) is 1. The van der Waals surface area contributed by atoms with Gasteiger partial charge in [-0.2, -0.15) is 0 Å². The quantitative estimate of drug-likeness (QED) is 0.725. The number of aryl methyl sites for hydroxylation is 2. The highest BCUT2D eigenvalue weighted by Crippen LogP contribution is 2.09. The summed E-state index contributed by atoms with van der Waals surface area (Å²) in [4.78, 5) is 0. The van der Waals surface area contributed by atoms with Crippen molar-refractivity contribution in [2.45, 2.75) is 33.2 Å². The largest absolute Gasteiger partial charge is 0.350 e. The molecule has 0 amide bonds. The summed E-state index contributed by atoms with van der Waals surface area (Å²) < 4.78 is 2.26. The maximum absolute atomic E-state index is 5.51. The second-order valence-electron chi connectivity index (χ2n) is 3.24. The summed E-state index contributed by atoms with van der Waals surface area (Å²) in [6, 6.07) is 2.25. The summed E-state index contributed by atoms with van der Waals surface area (Å²) in [5.41, 5.74) is 8.27. The Balaban J connectivity index is 2.76. The molecule has 1 aromatic heterocycles. The van der Waals surface area contributed by atoms with Crippen LogP contribution in [-0.2, 0) is 13.0 Å². The number of nitrogens with zero attached hydrogens (tertiary/aromatic N) is 1. The van der Waals surface area contributed by atoms with Gasteiger partial charge >= 0.3 is 0 Å². The van der Waals surface area contributed by atoms with Crippen LogP contribution in [0.1, 0.15) is 24.6 Å². The first-order chi connectivity index (χ1) is 5.77.